The van der Waals surface area contributed by atoms with Gasteiger partial charge in [-0.25, -0.2) is 10.2 Å². The van der Waals surface area contributed by atoms with Crippen molar-refractivity contribution in [1.29, 1.82) is 0 Å². The number of carboxylic acids is 1. The maximum Gasteiger partial charge on any atom is 0.573 e. The highest BCUT2D eigenvalue weighted by Crippen LogP contribution is 2.23. The van der Waals surface area contributed by atoms with Gasteiger partial charge in [0.05, 0.1) is 0 Å². The van der Waals surface area contributed by atoms with Crippen LogP contribution in [0.1, 0.15) is 11.1 Å². The van der Waals surface area contributed by atoms with Gasteiger partial charge in [0.1, 0.15) is 18.4 Å². The summed E-state index contributed by atoms with van der Waals surface area (Å²) in [6, 6.07) is 12.4. The van der Waals surface area contributed by atoms with Crippen LogP contribution in [0, 0.1) is 0 Å². The van der Waals surface area contributed by atoms with Crippen LogP contribution in [0.5, 0.6) is 5.75 Å². The molecule has 1 atom stereocenters. The van der Waals surface area contributed by atoms with Crippen LogP contribution in [0.25, 0.3) is 0 Å². The van der Waals surface area contributed by atoms with Crippen molar-refractivity contribution in [3.8, 4) is 5.75 Å². The largest absolute Gasteiger partial charge is 0.573 e. The maximum atomic E-state index is 12.1. The molecule has 3 N–H and O–H groups in total. The van der Waals surface area contributed by atoms with Crippen molar-refractivity contribution in [2.24, 2.45) is 0 Å². The lowest BCUT2D eigenvalue weighted by atomic mass is 10.1. The van der Waals surface area contributed by atoms with E-state index in [0.717, 1.165) is 17.7 Å². The van der Waals surface area contributed by atoms with Crippen LogP contribution in [0.2, 0.25) is 0 Å². The molecule has 0 bridgehead atoms. The summed E-state index contributed by atoms with van der Waals surface area (Å²) in [5, 5.41) is 9.23. The van der Waals surface area contributed by atoms with Crippen molar-refractivity contribution in [3.05, 3.63) is 65.7 Å². The number of benzene rings is 2. The molecule has 0 aliphatic carbocycles. The zero-order valence-corrected chi connectivity index (χ0v) is 14.4. The molecule has 0 aromatic heterocycles. The lowest BCUT2D eigenvalue weighted by molar-refractivity contribution is -0.274. The third kappa shape index (κ3) is 7.54. The molecule has 0 fully saturated rings. The molecule has 0 saturated heterocycles. The Hall–Kier alpha value is -3.27. The summed E-state index contributed by atoms with van der Waals surface area (Å²) in [6.45, 7) is 0.00671. The smallest absolute Gasteiger partial charge is 0.480 e. The fourth-order valence-electron chi connectivity index (χ4n) is 2.17. The summed E-state index contributed by atoms with van der Waals surface area (Å²) in [5.74, 6) is -1.68. The first kappa shape index (κ1) is 21.0. The Labute approximate surface area is 158 Å². The van der Waals surface area contributed by atoms with Gasteiger partial charge in [0.25, 0.3) is 0 Å². The molecule has 0 radical (unpaired) electrons. The van der Waals surface area contributed by atoms with Crippen LogP contribution in [-0.4, -0.2) is 29.6 Å². The van der Waals surface area contributed by atoms with Gasteiger partial charge in [-0.15, -0.1) is 13.2 Å². The Kier molecular flexibility index (Phi) is 7.21. The normalized spacial score (nSPS) is 12.1. The van der Waals surface area contributed by atoms with E-state index >= 15 is 0 Å². The fraction of sp³-hybridized carbons (Fsp3) is 0.222. The molecule has 2 aromatic rings. The molecule has 1 unspecified atom stereocenters. The molecule has 0 spiro atoms. The van der Waals surface area contributed by atoms with Crippen molar-refractivity contribution in [2.45, 2.75) is 25.4 Å². The van der Waals surface area contributed by atoms with Crippen LogP contribution < -0.4 is 15.6 Å². The van der Waals surface area contributed by atoms with Crippen molar-refractivity contribution in [2.75, 3.05) is 0 Å². The van der Waals surface area contributed by atoms with Crippen molar-refractivity contribution in [1.82, 2.24) is 10.9 Å². The molecular weight excluding hydrogens is 381 g/mol. The standard InChI is InChI=1S/C18H17F3N2O5/c19-18(20,21)28-14-8-6-12(7-9-14)10-15(16(24)25)22-23-17(26)27-11-13-4-2-1-3-5-13/h1-9,15,22H,10-11H2,(H,23,26)(H,24,25). The van der Waals surface area contributed by atoms with Crippen molar-refractivity contribution in [3.63, 3.8) is 0 Å². The number of alkyl halides is 3. The molecule has 10 heteroatoms. The number of hydrogen-bond acceptors (Lipinski definition) is 5. The maximum absolute atomic E-state index is 12.1. The van der Waals surface area contributed by atoms with E-state index in [1.807, 2.05) is 6.07 Å². The summed E-state index contributed by atoms with van der Waals surface area (Å²) in [6.07, 6.45) is -5.78. The van der Waals surface area contributed by atoms with E-state index in [4.69, 9.17) is 4.74 Å². The summed E-state index contributed by atoms with van der Waals surface area (Å²) >= 11 is 0. The van der Waals surface area contributed by atoms with E-state index < -0.39 is 30.2 Å². The lowest BCUT2D eigenvalue weighted by Crippen LogP contribution is -2.49. The number of nitrogens with one attached hydrogen (secondary N) is 2. The van der Waals surface area contributed by atoms with Gasteiger partial charge in [-0.2, -0.15) is 0 Å². The zero-order chi connectivity index (χ0) is 20.6. The number of hydrazine groups is 1. The van der Waals surface area contributed by atoms with Gasteiger partial charge in [0, 0.05) is 6.42 Å². The fourth-order valence-corrected chi connectivity index (χ4v) is 2.17. The van der Waals surface area contributed by atoms with Crippen LogP contribution >= 0.6 is 0 Å². The van der Waals surface area contributed by atoms with Gasteiger partial charge in [0.15, 0.2) is 0 Å². The Morgan fingerprint density at radius 3 is 2.21 bits per heavy atom. The number of carboxylic acid groups (broad SMARTS) is 1. The molecule has 28 heavy (non-hydrogen) atoms. The first-order valence-corrected chi connectivity index (χ1v) is 8.02. The molecule has 0 aliphatic rings. The van der Waals surface area contributed by atoms with E-state index in [9.17, 15) is 27.9 Å². The van der Waals surface area contributed by atoms with Crippen molar-refractivity contribution >= 4 is 12.1 Å². The third-order valence-electron chi connectivity index (χ3n) is 3.46. The highest BCUT2D eigenvalue weighted by Gasteiger charge is 2.31. The SMILES string of the molecule is O=C(NNC(Cc1ccc(OC(F)(F)F)cc1)C(=O)O)OCc1ccccc1. The minimum absolute atomic E-state index is 0.00671. The molecule has 2 aromatic carbocycles. The second-order valence-corrected chi connectivity index (χ2v) is 5.62. The lowest BCUT2D eigenvalue weighted by Gasteiger charge is -2.16. The minimum Gasteiger partial charge on any atom is -0.480 e. The van der Waals surface area contributed by atoms with Crippen LogP contribution in [0.3, 0.4) is 0 Å². The zero-order valence-electron chi connectivity index (χ0n) is 14.4. The molecule has 1 amide bonds. The summed E-state index contributed by atoms with van der Waals surface area (Å²) in [5.41, 5.74) is 5.64. The first-order chi connectivity index (χ1) is 13.2. The monoisotopic (exact) mass is 398 g/mol. The van der Waals surface area contributed by atoms with Crippen LogP contribution in [0.4, 0.5) is 18.0 Å². The van der Waals surface area contributed by atoms with Gasteiger partial charge >= 0.3 is 18.4 Å². The predicted octanol–water partition coefficient (Wildman–Crippen LogP) is 3.01. The van der Waals surface area contributed by atoms with Crippen LogP contribution in [0.15, 0.2) is 54.6 Å². The highest BCUT2D eigenvalue weighted by atomic mass is 19.4. The summed E-state index contributed by atoms with van der Waals surface area (Å²) in [7, 11) is 0. The second-order valence-electron chi connectivity index (χ2n) is 5.62. The molecular formula is C18H17F3N2O5. The number of aliphatic carboxylic acids is 1. The molecule has 2 rings (SSSR count). The molecule has 0 aliphatic heterocycles. The molecule has 0 saturated carbocycles. The summed E-state index contributed by atoms with van der Waals surface area (Å²) in [4.78, 5) is 23.0. The average molecular weight is 398 g/mol. The number of halogens is 3. The topological polar surface area (TPSA) is 96.9 Å². The van der Waals surface area contributed by atoms with Gasteiger partial charge < -0.3 is 14.6 Å². The van der Waals surface area contributed by atoms with E-state index in [2.05, 4.69) is 15.6 Å². The van der Waals surface area contributed by atoms with Gasteiger partial charge in [-0.05, 0) is 23.3 Å². The predicted molar refractivity (Wildman–Crippen MR) is 91.2 cm³/mol. The van der Waals surface area contributed by atoms with Gasteiger partial charge in [-0.1, -0.05) is 42.5 Å². The number of ether oxygens (including phenoxy) is 2. The van der Waals surface area contributed by atoms with Gasteiger partial charge in [-0.3, -0.25) is 10.2 Å². The van der Waals surface area contributed by atoms with E-state index in [1.165, 1.54) is 12.1 Å². The van der Waals surface area contributed by atoms with Crippen LogP contribution in [-0.2, 0) is 22.6 Å². The number of carbonyl (C=O) groups is 2. The number of carbonyl (C=O) groups excluding carboxylic acids is 1. The number of rotatable bonds is 8. The van der Waals surface area contributed by atoms with Gasteiger partial charge in [0.2, 0.25) is 0 Å². The van der Waals surface area contributed by atoms with Crippen molar-refractivity contribution < 1.29 is 37.3 Å². The van der Waals surface area contributed by atoms with E-state index in [1.54, 1.807) is 24.3 Å². The summed E-state index contributed by atoms with van der Waals surface area (Å²) < 4.78 is 45.1. The Bertz CT molecular complexity index is 782. The Morgan fingerprint density at radius 1 is 1.00 bits per heavy atom. The average Bonchev–Trinajstić information content (AvgIpc) is 2.64. The second kappa shape index (κ2) is 9.60. The van der Waals surface area contributed by atoms with E-state index in [0.29, 0.717) is 5.56 Å². The number of hydrogen-bond donors (Lipinski definition) is 3. The first-order valence-electron chi connectivity index (χ1n) is 8.02. The molecule has 150 valence electrons. The minimum atomic E-state index is -4.81. The third-order valence-corrected chi connectivity index (χ3v) is 3.46. The van der Waals surface area contributed by atoms with E-state index in [-0.39, 0.29) is 13.0 Å². The Balaban J connectivity index is 1.84. The number of amides is 1. The highest BCUT2D eigenvalue weighted by molar-refractivity contribution is 5.75. The molecule has 7 nitrogen and oxygen atoms in total. The Morgan fingerprint density at radius 2 is 1.64 bits per heavy atom. The quantitative estimate of drug-likeness (QED) is 0.592. The molecule has 0 heterocycles.